The zero-order chi connectivity index (χ0) is 10.7. The normalized spacial score (nSPS) is 22.1. The Kier molecular flexibility index (Phi) is 3.13. The largest absolute Gasteiger partial charge is 0.395 e. The van der Waals surface area contributed by atoms with Gasteiger partial charge in [0.05, 0.1) is 12.3 Å². The molecule has 1 saturated heterocycles. The zero-order valence-electron chi connectivity index (χ0n) is 8.63. The zero-order valence-corrected chi connectivity index (χ0v) is 8.63. The van der Waals surface area contributed by atoms with Crippen molar-refractivity contribution in [3.05, 3.63) is 18.0 Å². The minimum Gasteiger partial charge on any atom is -0.395 e. The Morgan fingerprint density at radius 1 is 1.60 bits per heavy atom. The molecule has 0 amide bonds. The Hall–Kier alpha value is -1.20. The summed E-state index contributed by atoms with van der Waals surface area (Å²) >= 11 is 0. The molecule has 2 heterocycles. The van der Waals surface area contributed by atoms with E-state index in [2.05, 4.69) is 14.9 Å². The van der Waals surface area contributed by atoms with Crippen molar-refractivity contribution in [2.24, 2.45) is 0 Å². The molecule has 1 aromatic heterocycles. The first kappa shape index (κ1) is 10.3. The van der Waals surface area contributed by atoms with Gasteiger partial charge in [0.25, 0.3) is 0 Å². The third kappa shape index (κ3) is 2.43. The van der Waals surface area contributed by atoms with Crippen molar-refractivity contribution in [1.29, 1.82) is 0 Å². The highest BCUT2D eigenvalue weighted by Crippen LogP contribution is 2.25. The topological polar surface area (TPSA) is 75.3 Å². The fraction of sp³-hybridized carbons (Fsp3) is 0.600. The van der Waals surface area contributed by atoms with Crippen LogP contribution in [0, 0.1) is 0 Å². The first-order valence-electron chi connectivity index (χ1n) is 5.21. The number of nitrogens with zero attached hydrogens (tertiary/aromatic N) is 3. The molecular formula is C10H16N4O. The van der Waals surface area contributed by atoms with Crippen LogP contribution in [0.5, 0.6) is 0 Å². The van der Waals surface area contributed by atoms with Gasteiger partial charge in [0.2, 0.25) is 5.95 Å². The second kappa shape index (κ2) is 4.55. The smallest absolute Gasteiger partial charge is 0.220 e. The number of rotatable bonds is 3. The van der Waals surface area contributed by atoms with Crippen molar-refractivity contribution in [3.63, 3.8) is 0 Å². The number of hydrogen-bond acceptors (Lipinski definition) is 5. The first-order chi connectivity index (χ1) is 7.29. The van der Waals surface area contributed by atoms with Crippen molar-refractivity contribution < 1.29 is 5.11 Å². The number of anilines is 1. The molecule has 1 atom stereocenters. The maximum Gasteiger partial charge on any atom is 0.220 e. The van der Waals surface area contributed by atoms with Crippen LogP contribution < -0.4 is 5.73 Å². The average molecular weight is 208 g/mol. The summed E-state index contributed by atoms with van der Waals surface area (Å²) in [7, 11) is 0. The highest BCUT2D eigenvalue weighted by Gasteiger charge is 2.24. The van der Waals surface area contributed by atoms with E-state index >= 15 is 0 Å². The standard InChI is InChI=1S/C10H16N4O/c11-10-12-3-1-9(13-10)8-2-4-14(7-8)5-6-15/h1,3,8,15H,2,4-7H2,(H2,11,12,13). The van der Waals surface area contributed by atoms with E-state index in [-0.39, 0.29) is 6.61 Å². The Bertz CT molecular complexity index is 331. The summed E-state index contributed by atoms with van der Waals surface area (Å²) in [5.74, 6) is 0.773. The molecule has 5 heteroatoms. The lowest BCUT2D eigenvalue weighted by molar-refractivity contribution is 0.220. The summed E-state index contributed by atoms with van der Waals surface area (Å²) in [5.41, 5.74) is 6.56. The summed E-state index contributed by atoms with van der Waals surface area (Å²) in [6.45, 7) is 2.95. The van der Waals surface area contributed by atoms with Crippen LogP contribution in [-0.2, 0) is 0 Å². The van der Waals surface area contributed by atoms with E-state index in [0.29, 0.717) is 11.9 Å². The predicted molar refractivity (Wildman–Crippen MR) is 57.3 cm³/mol. The summed E-state index contributed by atoms with van der Waals surface area (Å²) < 4.78 is 0. The van der Waals surface area contributed by atoms with Gasteiger partial charge in [-0.2, -0.15) is 0 Å². The lowest BCUT2D eigenvalue weighted by Gasteiger charge is -2.13. The number of aliphatic hydroxyl groups is 1. The lowest BCUT2D eigenvalue weighted by Crippen LogP contribution is -2.24. The van der Waals surface area contributed by atoms with E-state index in [9.17, 15) is 0 Å². The Morgan fingerprint density at radius 2 is 2.47 bits per heavy atom. The molecule has 2 rings (SSSR count). The summed E-state index contributed by atoms with van der Waals surface area (Å²) in [6, 6.07) is 1.92. The number of hydrogen-bond donors (Lipinski definition) is 2. The van der Waals surface area contributed by atoms with Crippen LogP contribution in [0.4, 0.5) is 5.95 Å². The van der Waals surface area contributed by atoms with Crippen LogP contribution in [0.3, 0.4) is 0 Å². The third-order valence-electron chi connectivity index (χ3n) is 2.80. The van der Waals surface area contributed by atoms with Crippen LogP contribution in [-0.4, -0.2) is 46.2 Å². The molecule has 0 aliphatic carbocycles. The van der Waals surface area contributed by atoms with E-state index in [1.54, 1.807) is 6.20 Å². The fourth-order valence-electron chi connectivity index (χ4n) is 2.03. The maximum absolute atomic E-state index is 8.84. The molecule has 3 N–H and O–H groups in total. The number of nitrogens with two attached hydrogens (primary N) is 1. The highest BCUT2D eigenvalue weighted by atomic mass is 16.3. The maximum atomic E-state index is 8.84. The van der Waals surface area contributed by atoms with E-state index in [0.717, 1.165) is 31.7 Å². The molecule has 0 spiro atoms. The van der Waals surface area contributed by atoms with E-state index < -0.39 is 0 Å². The van der Waals surface area contributed by atoms with Gasteiger partial charge in [-0.15, -0.1) is 0 Å². The molecule has 1 aliphatic rings. The minimum absolute atomic E-state index is 0.221. The fourth-order valence-corrected chi connectivity index (χ4v) is 2.03. The number of β-amino-alcohol motifs (C(OH)–C–C–N with tert-alkyl or cyclic N) is 1. The second-order valence-electron chi connectivity index (χ2n) is 3.85. The second-order valence-corrected chi connectivity index (χ2v) is 3.85. The van der Waals surface area contributed by atoms with Crippen molar-refractivity contribution in [1.82, 2.24) is 14.9 Å². The van der Waals surface area contributed by atoms with Crippen LogP contribution in [0.25, 0.3) is 0 Å². The molecule has 0 radical (unpaired) electrons. The van der Waals surface area contributed by atoms with Gasteiger partial charge in [0, 0.05) is 25.2 Å². The third-order valence-corrected chi connectivity index (χ3v) is 2.80. The van der Waals surface area contributed by atoms with Crippen LogP contribution in [0.15, 0.2) is 12.3 Å². The number of likely N-dealkylation sites (tertiary alicyclic amines) is 1. The van der Waals surface area contributed by atoms with Crippen molar-refractivity contribution in [2.45, 2.75) is 12.3 Å². The molecule has 1 aromatic rings. The molecule has 0 aromatic carbocycles. The van der Waals surface area contributed by atoms with Gasteiger partial charge in [0.1, 0.15) is 0 Å². The van der Waals surface area contributed by atoms with E-state index in [4.69, 9.17) is 10.8 Å². The quantitative estimate of drug-likeness (QED) is 0.722. The number of nitrogen functional groups attached to an aromatic ring is 1. The van der Waals surface area contributed by atoms with Crippen LogP contribution in [0.1, 0.15) is 18.0 Å². The van der Waals surface area contributed by atoms with Gasteiger partial charge in [-0.25, -0.2) is 9.97 Å². The molecule has 82 valence electrons. The molecule has 15 heavy (non-hydrogen) atoms. The van der Waals surface area contributed by atoms with Crippen molar-refractivity contribution >= 4 is 5.95 Å². The Labute approximate surface area is 88.9 Å². The summed E-state index contributed by atoms with van der Waals surface area (Å²) in [6.07, 6.45) is 2.78. The van der Waals surface area contributed by atoms with Gasteiger partial charge in [-0.1, -0.05) is 0 Å². The molecule has 0 saturated carbocycles. The van der Waals surface area contributed by atoms with Crippen LogP contribution in [0.2, 0.25) is 0 Å². The van der Waals surface area contributed by atoms with Crippen molar-refractivity contribution in [2.75, 3.05) is 32.0 Å². The highest BCUT2D eigenvalue weighted by molar-refractivity contribution is 5.20. The Morgan fingerprint density at radius 3 is 3.20 bits per heavy atom. The van der Waals surface area contributed by atoms with Gasteiger partial charge < -0.3 is 15.7 Å². The summed E-state index contributed by atoms with van der Waals surface area (Å²) in [4.78, 5) is 10.3. The number of aromatic nitrogens is 2. The van der Waals surface area contributed by atoms with Gasteiger partial charge in [-0.3, -0.25) is 0 Å². The van der Waals surface area contributed by atoms with Gasteiger partial charge >= 0.3 is 0 Å². The molecule has 1 fully saturated rings. The Balaban J connectivity index is 2.01. The lowest BCUT2D eigenvalue weighted by atomic mass is 10.1. The monoisotopic (exact) mass is 208 g/mol. The molecule has 5 nitrogen and oxygen atoms in total. The number of aliphatic hydroxyl groups excluding tert-OH is 1. The summed E-state index contributed by atoms with van der Waals surface area (Å²) in [5, 5.41) is 8.84. The molecule has 0 bridgehead atoms. The van der Waals surface area contributed by atoms with E-state index in [1.807, 2.05) is 6.07 Å². The molecule has 1 unspecified atom stereocenters. The SMILES string of the molecule is Nc1nccc(C2CCN(CCO)C2)n1. The van der Waals surface area contributed by atoms with Gasteiger partial charge in [-0.05, 0) is 19.0 Å². The molecular weight excluding hydrogens is 192 g/mol. The molecule has 1 aliphatic heterocycles. The van der Waals surface area contributed by atoms with E-state index in [1.165, 1.54) is 0 Å². The minimum atomic E-state index is 0.221. The predicted octanol–water partition coefficient (Wildman–Crippen LogP) is -0.160. The first-order valence-corrected chi connectivity index (χ1v) is 5.21. The average Bonchev–Trinajstić information content (AvgIpc) is 2.67. The van der Waals surface area contributed by atoms with Crippen molar-refractivity contribution in [3.8, 4) is 0 Å². The van der Waals surface area contributed by atoms with Gasteiger partial charge in [0.15, 0.2) is 0 Å². The van der Waals surface area contributed by atoms with Crippen LogP contribution >= 0.6 is 0 Å².